The van der Waals surface area contributed by atoms with Crippen molar-refractivity contribution in [2.45, 2.75) is 44.8 Å². The van der Waals surface area contributed by atoms with Gasteiger partial charge in [-0.1, -0.05) is 0 Å². The minimum Gasteiger partial charge on any atom is -0.497 e. The number of morpholine rings is 1. The zero-order valence-corrected chi connectivity index (χ0v) is 16.0. The Morgan fingerprint density at radius 2 is 2.04 bits per heavy atom. The number of aryl methyl sites for hydroxylation is 1. The normalized spacial score (nSPS) is 25.6. The third-order valence-corrected chi connectivity index (χ3v) is 5.12. The maximum absolute atomic E-state index is 6.51. The minimum atomic E-state index is -0.275. The maximum atomic E-state index is 6.51. The van der Waals surface area contributed by atoms with Gasteiger partial charge in [0.2, 0.25) is 0 Å². The molecule has 1 unspecified atom stereocenters. The van der Waals surface area contributed by atoms with Crippen LogP contribution in [0.15, 0.2) is 18.2 Å². The van der Waals surface area contributed by atoms with Gasteiger partial charge in [-0.3, -0.25) is 0 Å². The number of hydrogen-bond donors (Lipinski definition) is 0. The van der Waals surface area contributed by atoms with Crippen molar-refractivity contribution in [1.82, 2.24) is 9.97 Å². The molecule has 1 aromatic heterocycles. The van der Waals surface area contributed by atoms with Crippen LogP contribution in [0, 0.1) is 6.92 Å². The molecule has 0 amide bonds. The largest absolute Gasteiger partial charge is 0.497 e. The van der Waals surface area contributed by atoms with Gasteiger partial charge in [-0.05, 0) is 51.8 Å². The first-order chi connectivity index (χ1) is 12.4. The second kappa shape index (κ2) is 6.35. The zero-order chi connectivity index (χ0) is 18.4. The molecule has 26 heavy (non-hydrogen) atoms. The Balaban J connectivity index is 1.80. The molecule has 0 bridgehead atoms. The minimum absolute atomic E-state index is 0.274. The van der Waals surface area contributed by atoms with Gasteiger partial charge in [-0.25, -0.2) is 9.97 Å². The van der Waals surface area contributed by atoms with Crippen molar-refractivity contribution in [2.75, 3.05) is 38.3 Å². The Labute approximate surface area is 154 Å². The molecule has 2 aliphatic rings. The first-order valence-electron chi connectivity index (χ1n) is 9.25. The van der Waals surface area contributed by atoms with Crippen LogP contribution in [0.2, 0.25) is 0 Å². The highest BCUT2D eigenvalue weighted by molar-refractivity contribution is 5.90. The van der Waals surface area contributed by atoms with E-state index in [2.05, 4.69) is 23.7 Å². The van der Waals surface area contributed by atoms with Crippen LogP contribution in [-0.2, 0) is 9.47 Å². The third kappa shape index (κ3) is 3.23. The van der Waals surface area contributed by atoms with Gasteiger partial charge in [0.15, 0.2) is 0 Å². The summed E-state index contributed by atoms with van der Waals surface area (Å²) in [5.74, 6) is 2.54. The Hall–Kier alpha value is -1.92. The molecule has 2 aliphatic heterocycles. The quantitative estimate of drug-likeness (QED) is 0.823. The Morgan fingerprint density at radius 1 is 1.19 bits per heavy atom. The Morgan fingerprint density at radius 3 is 2.77 bits per heavy atom. The molecular formula is C20H27N3O3. The van der Waals surface area contributed by atoms with Crippen molar-refractivity contribution in [3.63, 3.8) is 0 Å². The molecule has 0 saturated carbocycles. The van der Waals surface area contributed by atoms with E-state index < -0.39 is 0 Å². The highest BCUT2D eigenvalue weighted by Gasteiger charge is 2.46. The summed E-state index contributed by atoms with van der Waals surface area (Å²) in [6.45, 7) is 9.24. The van der Waals surface area contributed by atoms with Crippen molar-refractivity contribution in [3.8, 4) is 5.75 Å². The summed E-state index contributed by atoms with van der Waals surface area (Å²) >= 11 is 0. The molecule has 6 heteroatoms. The van der Waals surface area contributed by atoms with E-state index in [0.29, 0.717) is 6.61 Å². The first kappa shape index (κ1) is 17.5. The first-order valence-corrected chi connectivity index (χ1v) is 9.25. The van der Waals surface area contributed by atoms with E-state index >= 15 is 0 Å². The Bertz CT molecular complexity index is 815. The van der Waals surface area contributed by atoms with Crippen molar-refractivity contribution in [1.29, 1.82) is 0 Å². The average molecular weight is 357 g/mol. The second-order valence-electron chi connectivity index (χ2n) is 8.03. The molecule has 2 saturated heterocycles. The lowest BCUT2D eigenvalue weighted by Gasteiger charge is -2.51. The molecule has 6 nitrogen and oxygen atoms in total. The number of rotatable bonds is 2. The van der Waals surface area contributed by atoms with Crippen LogP contribution in [-0.4, -0.2) is 54.6 Å². The van der Waals surface area contributed by atoms with Crippen LogP contribution in [0.25, 0.3) is 10.9 Å². The summed E-state index contributed by atoms with van der Waals surface area (Å²) < 4.78 is 17.7. The molecule has 3 heterocycles. The van der Waals surface area contributed by atoms with Gasteiger partial charge in [0.05, 0.1) is 31.4 Å². The highest BCUT2D eigenvalue weighted by Crippen LogP contribution is 2.38. The van der Waals surface area contributed by atoms with E-state index in [4.69, 9.17) is 19.2 Å². The summed E-state index contributed by atoms with van der Waals surface area (Å²) in [6.07, 6.45) is 2.04. The van der Waals surface area contributed by atoms with Gasteiger partial charge in [-0.2, -0.15) is 0 Å². The molecular weight excluding hydrogens is 330 g/mol. The van der Waals surface area contributed by atoms with E-state index in [0.717, 1.165) is 60.8 Å². The third-order valence-electron chi connectivity index (χ3n) is 5.12. The fraction of sp³-hybridized carbons (Fsp3) is 0.600. The monoisotopic (exact) mass is 357 g/mol. The molecule has 140 valence electrons. The van der Waals surface area contributed by atoms with Crippen LogP contribution >= 0.6 is 0 Å². The lowest BCUT2D eigenvalue weighted by Crippen LogP contribution is -2.62. The van der Waals surface area contributed by atoms with Crippen molar-refractivity contribution >= 4 is 16.7 Å². The Kier molecular flexibility index (Phi) is 4.28. The predicted molar refractivity (Wildman–Crippen MR) is 101 cm³/mol. The molecule has 0 aliphatic carbocycles. The molecule has 1 atom stereocenters. The van der Waals surface area contributed by atoms with Crippen LogP contribution < -0.4 is 9.64 Å². The molecule has 4 rings (SSSR count). The van der Waals surface area contributed by atoms with Crippen molar-refractivity contribution < 1.29 is 14.2 Å². The summed E-state index contributed by atoms with van der Waals surface area (Å²) in [4.78, 5) is 11.7. The molecule has 1 aromatic carbocycles. The smallest absolute Gasteiger partial charge is 0.140 e. The van der Waals surface area contributed by atoms with E-state index in [1.54, 1.807) is 7.11 Å². The SMILES string of the molecule is COc1ccc2nc(C)nc(N3CC(C)(C)OC4(CCCOC4)C3)c2c1. The molecule has 0 radical (unpaired) electrons. The molecule has 2 aromatic rings. The van der Waals surface area contributed by atoms with E-state index in [-0.39, 0.29) is 11.2 Å². The zero-order valence-electron chi connectivity index (χ0n) is 16.0. The number of nitrogens with zero attached hydrogens (tertiary/aromatic N) is 3. The van der Waals surface area contributed by atoms with Crippen molar-refractivity contribution in [3.05, 3.63) is 24.0 Å². The van der Waals surface area contributed by atoms with Gasteiger partial charge in [0, 0.05) is 18.5 Å². The number of hydrogen-bond acceptors (Lipinski definition) is 6. The summed E-state index contributed by atoms with van der Waals surface area (Å²) in [7, 11) is 1.68. The van der Waals surface area contributed by atoms with Crippen molar-refractivity contribution in [2.24, 2.45) is 0 Å². The lowest BCUT2D eigenvalue weighted by molar-refractivity contribution is -0.197. The van der Waals surface area contributed by atoms with E-state index in [1.807, 2.05) is 25.1 Å². The predicted octanol–water partition coefficient (Wildman–Crippen LogP) is 3.11. The highest BCUT2D eigenvalue weighted by atomic mass is 16.6. The number of aromatic nitrogens is 2. The fourth-order valence-electron chi connectivity index (χ4n) is 4.27. The number of methoxy groups -OCH3 is 1. The van der Waals surface area contributed by atoms with Crippen LogP contribution in [0.1, 0.15) is 32.5 Å². The van der Waals surface area contributed by atoms with Gasteiger partial charge >= 0.3 is 0 Å². The second-order valence-corrected chi connectivity index (χ2v) is 8.03. The van der Waals surface area contributed by atoms with E-state index in [9.17, 15) is 0 Å². The number of fused-ring (bicyclic) bond motifs is 1. The van der Waals surface area contributed by atoms with Gasteiger partial charge in [0.1, 0.15) is 23.0 Å². The standard InChI is InChI=1S/C20H27N3O3/c1-14-21-17-7-6-15(24-4)10-16(17)18(22-14)23-11-19(2,3)26-20(12-23)8-5-9-25-13-20/h6-7,10H,5,8-9,11-13H2,1-4H3. The summed E-state index contributed by atoms with van der Waals surface area (Å²) in [5.41, 5.74) is 0.388. The maximum Gasteiger partial charge on any atom is 0.140 e. The van der Waals surface area contributed by atoms with Gasteiger partial charge < -0.3 is 19.1 Å². The fourth-order valence-corrected chi connectivity index (χ4v) is 4.27. The van der Waals surface area contributed by atoms with Crippen LogP contribution in [0.3, 0.4) is 0 Å². The topological polar surface area (TPSA) is 56.7 Å². The molecule has 0 N–H and O–H groups in total. The summed E-state index contributed by atoms with van der Waals surface area (Å²) in [6, 6.07) is 5.96. The molecule has 2 fully saturated rings. The van der Waals surface area contributed by atoms with Crippen LogP contribution in [0.4, 0.5) is 5.82 Å². The number of benzene rings is 1. The van der Waals surface area contributed by atoms with E-state index in [1.165, 1.54) is 0 Å². The number of anilines is 1. The molecule has 1 spiro atoms. The lowest BCUT2D eigenvalue weighted by atomic mass is 9.90. The number of ether oxygens (including phenoxy) is 3. The van der Waals surface area contributed by atoms with Gasteiger partial charge in [0.25, 0.3) is 0 Å². The summed E-state index contributed by atoms with van der Waals surface area (Å²) in [5, 5.41) is 1.01. The van der Waals surface area contributed by atoms with Crippen LogP contribution in [0.5, 0.6) is 5.75 Å². The average Bonchev–Trinajstić information content (AvgIpc) is 2.59. The van der Waals surface area contributed by atoms with Gasteiger partial charge in [-0.15, -0.1) is 0 Å².